The molecule has 2 saturated carbocycles. The topological polar surface area (TPSA) is 21.3 Å². The largest absolute Gasteiger partial charge is 0.497 e. The highest BCUT2D eigenvalue weighted by Gasteiger charge is 2.39. The van der Waals surface area contributed by atoms with Gasteiger partial charge < -0.3 is 10.1 Å². The van der Waals surface area contributed by atoms with E-state index in [1.165, 1.54) is 31.7 Å². The third kappa shape index (κ3) is 2.11. The van der Waals surface area contributed by atoms with Crippen LogP contribution in [-0.4, -0.2) is 13.2 Å². The van der Waals surface area contributed by atoms with Crippen LogP contribution >= 0.6 is 0 Å². The van der Waals surface area contributed by atoms with Crippen LogP contribution in [0.4, 0.5) is 10.1 Å². The molecule has 1 aromatic rings. The first-order chi connectivity index (χ1) is 8.24. The van der Waals surface area contributed by atoms with E-state index in [2.05, 4.69) is 5.32 Å². The van der Waals surface area contributed by atoms with E-state index in [0.29, 0.717) is 11.8 Å². The number of methoxy groups -OCH3 is 1. The van der Waals surface area contributed by atoms with Gasteiger partial charge in [-0.05, 0) is 37.2 Å². The predicted octanol–water partition coefficient (Wildman–Crippen LogP) is 3.43. The average Bonchev–Trinajstić information content (AvgIpc) is 2.90. The number of hydrogen-bond acceptors (Lipinski definition) is 2. The number of hydrogen-bond donors (Lipinski definition) is 1. The van der Waals surface area contributed by atoms with Gasteiger partial charge in [0, 0.05) is 23.9 Å². The number of rotatable bonds is 3. The van der Waals surface area contributed by atoms with Crippen LogP contribution in [0.5, 0.6) is 5.75 Å². The predicted molar refractivity (Wildman–Crippen MR) is 65.8 cm³/mol. The van der Waals surface area contributed by atoms with Crippen molar-refractivity contribution >= 4 is 5.69 Å². The SMILES string of the molecule is COc1cc(F)cc(NC2CC3CCC2C3)c1. The minimum atomic E-state index is -0.241. The second-order valence-electron chi connectivity index (χ2n) is 5.31. The van der Waals surface area contributed by atoms with Gasteiger partial charge in [0.2, 0.25) is 0 Å². The quantitative estimate of drug-likeness (QED) is 0.866. The third-order valence-corrected chi connectivity index (χ3v) is 4.20. The Bertz CT molecular complexity index is 421. The maximum absolute atomic E-state index is 13.4. The number of ether oxygens (including phenoxy) is 1. The van der Waals surface area contributed by atoms with Gasteiger partial charge in [-0.15, -0.1) is 0 Å². The number of nitrogens with one attached hydrogen (secondary N) is 1. The van der Waals surface area contributed by atoms with Crippen LogP contribution in [0.3, 0.4) is 0 Å². The molecule has 1 N–H and O–H groups in total. The van der Waals surface area contributed by atoms with Crippen LogP contribution in [-0.2, 0) is 0 Å². The van der Waals surface area contributed by atoms with Crippen LogP contribution in [0.1, 0.15) is 25.7 Å². The van der Waals surface area contributed by atoms with E-state index >= 15 is 0 Å². The first-order valence-electron chi connectivity index (χ1n) is 6.35. The molecule has 2 nitrogen and oxygen atoms in total. The molecule has 0 spiro atoms. The number of benzene rings is 1. The van der Waals surface area contributed by atoms with Crippen molar-refractivity contribution in [3.63, 3.8) is 0 Å². The van der Waals surface area contributed by atoms with Gasteiger partial charge >= 0.3 is 0 Å². The Kier molecular flexibility index (Phi) is 2.69. The smallest absolute Gasteiger partial charge is 0.128 e. The van der Waals surface area contributed by atoms with Crippen LogP contribution < -0.4 is 10.1 Å². The molecule has 2 aliphatic rings. The van der Waals surface area contributed by atoms with Crippen molar-refractivity contribution in [2.75, 3.05) is 12.4 Å². The van der Waals surface area contributed by atoms with Crippen molar-refractivity contribution in [2.24, 2.45) is 11.8 Å². The first-order valence-corrected chi connectivity index (χ1v) is 6.35. The summed E-state index contributed by atoms with van der Waals surface area (Å²) >= 11 is 0. The average molecular weight is 235 g/mol. The molecule has 0 radical (unpaired) electrons. The van der Waals surface area contributed by atoms with Crippen molar-refractivity contribution in [1.29, 1.82) is 0 Å². The molecule has 1 aromatic carbocycles. The van der Waals surface area contributed by atoms with Crippen LogP contribution in [0.25, 0.3) is 0 Å². The number of fused-ring (bicyclic) bond motifs is 2. The lowest BCUT2D eigenvalue weighted by Crippen LogP contribution is -2.25. The standard InChI is InChI=1S/C14H18FNO/c1-17-13-7-11(15)6-12(8-13)16-14-5-9-2-3-10(14)4-9/h6-10,14,16H,2-5H2,1H3. The zero-order chi connectivity index (χ0) is 11.8. The lowest BCUT2D eigenvalue weighted by molar-refractivity contribution is 0.410. The van der Waals surface area contributed by atoms with Gasteiger partial charge in [0.05, 0.1) is 7.11 Å². The van der Waals surface area contributed by atoms with Crippen molar-refractivity contribution in [3.05, 3.63) is 24.0 Å². The van der Waals surface area contributed by atoms with E-state index in [-0.39, 0.29) is 5.82 Å². The summed E-state index contributed by atoms with van der Waals surface area (Å²) in [5.41, 5.74) is 0.847. The molecule has 0 heterocycles. The first kappa shape index (κ1) is 10.9. The van der Waals surface area contributed by atoms with E-state index in [1.807, 2.05) is 6.07 Å². The van der Waals surface area contributed by atoms with Gasteiger partial charge in [0.25, 0.3) is 0 Å². The Hall–Kier alpha value is -1.25. The molecule has 17 heavy (non-hydrogen) atoms. The summed E-state index contributed by atoms with van der Waals surface area (Å²) in [4.78, 5) is 0. The van der Waals surface area contributed by atoms with Gasteiger partial charge in [-0.3, -0.25) is 0 Å². The normalized spacial score (nSPS) is 30.6. The maximum Gasteiger partial charge on any atom is 0.128 e. The minimum absolute atomic E-state index is 0.241. The van der Waals surface area contributed by atoms with Crippen LogP contribution in [0.15, 0.2) is 18.2 Å². The number of halogens is 1. The zero-order valence-electron chi connectivity index (χ0n) is 10.1. The molecule has 0 saturated heterocycles. The van der Waals surface area contributed by atoms with E-state index < -0.39 is 0 Å². The Morgan fingerprint density at radius 1 is 1.24 bits per heavy atom. The van der Waals surface area contributed by atoms with E-state index in [9.17, 15) is 4.39 Å². The van der Waals surface area contributed by atoms with Gasteiger partial charge in [-0.2, -0.15) is 0 Å². The minimum Gasteiger partial charge on any atom is -0.497 e. The van der Waals surface area contributed by atoms with Gasteiger partial charge in [0.15, 0.2) is 0 Å². The van der Waals surface area contributed by atoms with Crippen molar-refractivity contribution in [2.45, 2.75) is 31.7 Å². The van der Waals surface area contributed by atoms with Gasteiger partial charge in [0.1, 0.15) is 11.6 Å². The molecule has 92 valence electrons. The van der Waals surface area contributed by atoms with Crippen LogP contribution in [0, 0.1) is 17.7 Å². The lowest BCUT2D eigenvalue weighted by Gasteiger charge is -2.24. The van der Waals surface area contributed by atoms with Gasteiger partial charge in [-0.1, -0.05) is 6.42 Å². The van der Waals surface area contributed by atoms with E-state index in [4.69, 9.17) is 4.74 Å². The molecule has 2 bridgehead atoms. The van der Waals surface area contributed by atoms with Gasteiger partial charge in [-0.25, -0.2) is 4.39 Å². The molecule has 2 fully saturated rings. The molecule has 3 heteroatoms. The molecule has 2 aliphatic carbocycles. The molecule has 3 rings (SSSR count). The summed E-state index contributed by atoms with van der Waals surface area (Å²) in [7, 11) is 1.57. The Balaban J connectivity index is 1.74. The molecule has 3 unspecified atom stereocenters. The summed E-state index contributed by atoms with van der Waals surface area (Å²) in [5, 5.41) is 3.47. The second kappa shape index (κ2) is 4.21. The molecular formula is C14H18FNO. The summed E-state index contributed by atoms with van der Waals surface area (Å²) in [6.45, 7) is 0. The van der Waals surface area contributed by atoms with E-state index in [1.54, 1.807) is 13.2 Å². The number of anilines is 1. The highest BCUT2D eigenvalue weighted by molar-refractivity contribution is 5.49. The monoisotopic (exact) mass is 235 g/mol. The zero-order valence-corrected chi connectivity index (χ0v) is 10.1. The van der Waals surface area contributed by atoms with Crippen molar-refractivity contribution in [3.8, 4) is 5.75 Å². The fraction of sp³-hybridized carbons (Fsp3) is 0.571. The van der Waals surface area contributed by atoms with Crippen molar-refractivity contribution in [1.82, 2.24) is 0 Å². The van der Waals surface area contributed by atoms with Crippen LogP contribution in [0.2, 0.25) is 0 Å². The summed E-state index contributed by atoms with van der Waals surface area (Å²) < 4.78 is 18.4. The summed E-state index contributed by atoms with van der Waals surface area (Å²) in [6.07, 6.45) is 5.30. The maximum atomic E-state index is 13.4. The molecule has 0 aliphatic heterocycles. The Morgan fingerprint density at radius 2 is 2.12 bits per heavy atom. The van der Waals surface area contributed by atoms with E-state index in [0.717, 1.165) is 17.5 Å². The lowest BCUT2D eigenvalue weighted by atomic mass is 9.95. The third-order valence-electron chi connectivity index (χ3n) is 4.20. The van der Waals surface area contributed by atoms with Crippen molar-refractivity contribution < 1.29 is 9.13 Å². The second-order valence-corrected chi connectivity index (χ2v) is 5.31. The Morgan fingerprint density at radius 3 is 2.76 bits per heavy atom. The molecule has 0 aromatic heterocycles. The highest BCUT2D eigenvalue weighted by Crippen LogP contribution is 2.45. The highest BCUT2D eigenvalue weighted by atomic mass is 19.1. The molecular weight excluding hydrogens is 217 g/mol. The fourth-order valence-electron chi connectivity index (χ4n) is 3.40. The Labute approximate surface area is 101 Å². The summed E-state index contributed by atoms with van der Waals surface area (Å²) in [5.74, 6) is 2.02. The molecule has 3 atom stereocenters. The fourth-order valence-corrected chi connectivity index (χ4v) is 3.40. The summed E-state index contributed by atoms with van der Waals surface area (Å²) in [6, 6.07) is 5.36. The molecule has 0 amide bonds.